The van der Waals surface area contributed by atoms with E-state index in [1.165, 1.54) is 22.5 Å². The van der Waals surface area contributed by atoms with E-state index in [0.717, 1.165) is 29.0 Å². The van der Waals surface area contributed by atoms with Crippen molar-refractivity contribution in [3.05, 3.63) is 51.2 Å². The lowest BCUT2D eigenvalue weighted by Crippen LogP contribution is -2.03. The van der Waals surface area contributed by atoms with Crippen molar-refractivity contribution in [2.45, 2.75) is 32.8 Å². The molecular weight excluding hydrogens is 256 g/mol. The number of methoxy groups -OCH3 is 1. The average molecular weight is 276 g/mol. The molecule has 0 spiro atoms. The van der Waals surface area contributed by atoms with Crippen LogP contribution in [0.2, 0.25) is 0 Å². The third kappa shape index (κ3) is 2.99. The van der Waals surface area contributed by atoms with Crippen molar-refractivity contribution < 1.29 is 9.84 Å². The van der Waals surface area contributed by atoms with Crippen LogP contribution in [0.15, 0.2) is 29.6 Å². The minimum Gasteiger partial charge on any atom is -0.496 e. The van der Waals surface area contributed by atoms with Crippen molar-refractivity contribution in [2.24, 2.45) is 0 Å². The second kappa shape index (κ2) is 6.22. The molecule has 2 aromatic rings. The fourth-order valence-electron chi connectivity index (χ4n) is 2.18. The van der Waals surface area contributed by atoms with Crippen molar-refractivity contribution in [3.63, 3.8) is 0 Å². The van der Waals surface area contributed by atoms with E-state index in [4.69, 9.17) is 4.74 Å². The topological polar surface area (TPSA) is 29.5 Å². The molecule has 0 aliphatic heterocycles. The average Bonchev–Trinajstić information content (AvgIpc) is 2.94. The molecule has 0 fully saturated rings. The van der Waals surface area contributed by atoms with Gasteiger partial charge in [-0.3, -0.25) is 0 Å². The standard InChI is InChI=1S/C16H20O2S/c1-4-11-6-7-12(5-2)14(8-11)16(17)15-9-13(18-3)10-19-15/h6-10,16-17H,4-5H2,1-3H3. The Morgan fingerprint density at radius 2 is 2.00 bits per heavy atom. The summed E-state index contributed by atoms with van der Waals surface area (Å²) >= 11 is 1.53. The van der Waals surface area contributed by atoms with Gasteiger partial charge in [0.05, 0.1) is 7.11 Å². The fraction of sp³-hybridized carbons (Fsp3) is 0.375. The van der Waals surface area contributed by atoms with Crippen LogP contribution in [0.3, 0.4) is 0 Å². The molecule has 1 N–H and O–H groups in total. The summed E-state index contributed by atoms with van der Waals surface area (Å²) in [5, 5.41) is 12.5. The molecule has 1 aromatic carbocycles. The van der Waals surface area contributed by atoms with Gasteiger partial charge in [-0.05, 0) is 35.6 Å². The van der Waals surface area contributed by atoms with Crippen LogP contribution >= 0.6 is 11.3 Å². The van der Waals surface area contributed by atoms with E-state index in [9.17, 15) is 5.11 Å². The molecule has 1 heterocycles. The highest BCUT2D eigenvalue weighted by molar-refractivity contribution is 7.10. The maximum Gasteiger partial charge on any atom is 0.129 e. The van der Waals surface area contributed by atoms with Crippen LogP contribution in [0.5, 0.6) is 5.75 Å². The maximum absolute atomic E-state index is 10.6. The van der Waals surface area contributed by atoms with Crippen molar-refractivity contribution in [1.82, 2.24) is 0 Å². The van der Waals surface area contributed by atoms with E-state index in [0.29, 0.717) is 0 Å². The summed E-state index contributed by atoms with van der Waals surface area (Å²) in [5.74, 6) is 0.809. The molecule has 102 valence electrons. The zero-order valence-corrected chi connectivity index (χ0v) is 12.5. The van der Waals surface area contributed by atoms with Crippen molar-refractivity contribution in [2.75, 3.05) is 7.11 Å². The van der Waals surface area contributed by atoms with Crippen LogP contribution in [0.1, 0.15) is 41.5 Å². The molecule has 3 heteroatoms. The van der Waals surface area contributed by atoms with Gasteiger partial charge in [0.2, 0.25) is 0 Å². The van der Waals surface area contributed by atoms with Gasteiger partial charge in [-0.15, -0.1) is 11.3 Å². The van der Waals surface area contributed by atoms with Gasteiger partial charge in [-0.1, -0.05) is 32.0 Å². The Bertz CT molecular complexity index is 545. The predicted molar refractivity (Wildman–Crippen MR) is 80.1 cm³/mol. The Morgan fingerprint density at radius 3 is 2.58 bits per heavy atom. The van der Waals surface area contributed by atoms with Crippen molar-refractivity contribution in [1.29, 1.82) is 0 Å². The highest BCUT2D eigenvalue weighted by Gasteiger charge is 2.16. The SMILES string of the molecule is CCc1ccc(CC)c(C(O)c2cc(OC)cs2)c1. The first kappa shape index (κ1) is 14.1. The van der Waals surface area contributed by atoms with Gasteiger partial charge in [0, 0.05) is 10.3 Å². The molecule has 1 atom stereocenters. The zero-order chi connectivity index (χ0) is 13.8. The minimum atomic E-state index is -0.560. The summed E-state index contributed by atoms with van der Waals surface area (Å²) < 4.78 is 5.18. The molecule has 0 amide bonds. The van der Waals surface area contributed by atoms with Crippen LogP contribution in [0, 0.1) is 0 Å². The van der Waals surface area contributed by atoms with Crippen LogP contribution in [-0.4, -0.2) is 12.2 Å². The number of aliphatic hydroxyl groups is 1. The Labute approximate surface area is 118 Å². The Kier molecular flexibility index (Phi) is 4.61. The largest absolute Gasteiger partial charge is 0.496 e. The lowest BCUT2D eigenvalue weighted by molar-refractivity contribution is 0.222. The molecule has 1 aromatic heterocycles. The maximum atomic E-state index is 10.6. The molecule has 0 saturated carbocycles. The normalized spacial score (nSPS) is 12.4. The highest BCUT2D eigenvalue weighted by atomic mass is 32.1. The molecule has 0 aliphatic rings. The Morgan fingerprint density at radius 1 is 1.21 bits per heavy atom. The third-order valence-electron chi connectivity index (χ3n) is 3.39. The smallest absolute Gasteiger partial charge is 0.129 e. The minimum absolute atomic E-state index is 0.560. The lowest BCUT2D eigenvalue weighted by atomic mass is 9.96. The van der Waals surface area contributed by atoms with Gasteiger partial charge < -0.3 is 9.84 Å². The van der Waals surface area contributed by atoms with Gasteiger partial charge in [-0.25, -0.2) is 0 Å². The van der Waals surface area contributed by atoms with Crippen LogP contribution in [-0.2, 0) is 12.8 Å². The number of aliphatic hydroxyl groups excluding tert-OH is 1. The summed E-state index contributed by atoms with van der Waals surface area (Å²) in [5.41, 5.74) is 3.48. The van der Waals surface area contributed by atoms with Crippen molar-refractivity contribution in [3.8, 4) is 5.75 Å². The van der Waals surface area contributed by atoms with E-state index < -0.39 is 6.10 Å². The molecule has 0 radical (unpaired) electrons. The van der Waals surface area contributed by atoms with E-state index in [2.05, 4.69) is 32.0 Å². The van der Waals surface area contributed by atoms with Crippen LogP contribution in [0.25, 0.3) is 0 Å². The number of rotatable bonds is 5. The van der Waals surface area contributed by atoms with E-state index in [1.807, 2.05) is 11.4 Å². The molecular formula is C16H20O2S. The summed E-state index contributed by atoms with van der Waals surface area (Å²) in [6, 6.07) is 8.30. The number of hydrogen-bond donors (Lipinski definition) is 1. The fourth-order valence-corrected chi connectivity index (χ4v) is 3.04. The molecule has 0 aliphatic carbocycles. The number of hydrogen-bond acceptors (Lipinski definition) is 3. The second-order valence-electron chi connectivity index (χ2n) is 4.53. The number of benzene rings is 1. The molecule has 0 saturated heterocycles. The Hall–Kier alpha value is -1.32. The first-order valence-electron chi connectivity index (χ1n) is 6.61. The predicted octanol–water partition coefficient (Wildman–Crippen LogP) is 3.96. The first-order valence-corrected chi connectivity index (χ1v) is 7.49. The first-order chi connectivity index (χ1) is 9.19. The summed E-state index contributed by atoms with van der Waals surface area (Å²) in [4.78, 5) is 0.930. The highest BCUT2D eigenvalue weighted by Crippen LogP contribution is 2.33. The van der Waals surface area contributed by atoms with Crippen LogP contribution < -0.4 is 4.74 Å². The number of aryl methyl sites for hydroxylation is 2. The molecule has 1 unspecified atom stereocenters. The monoisotopic (exact) mass is 276 g/mol. The second-order valence-corrected chi connectivity index (χ2v) is 5.47. The van der Waals surface area contributed by atoms with E-state index in [1.54, 1.807) is 7.11 Å². The summed E-state index contributed by atoms with van der Waals surface area (Å²) in [6.45, 7) is 4.25. The third-order valence-corrected chi connectivity index (χ3v) is 4.36. The zero-order valence-electron chi connectivity index (χ0n) is 11.6. The molecule has 2 rings (SSSR count). The van der Waals surface area contributed by atoms with Gasteiger partial charge in [0.1, 0.15) is 11.9 Å². The van der Waals surface area contributed by atoms with Crippen molar-refractivity contribution >= 4 is 11.3 Å². The number of thiophene rings is 1. The summed E-state index contributed by atoms with van der Waals surface area (Å²) in [7, 11) is 1.65. The van der Waals surface area contributed by atoms with Gasteiger partial charge in [-0.2, -0.15) is 0 Å². The van der Waals surface area contributed by atoms with E-state index in [-0.39, 0.29) is 0 Å². The molecule has 2 nitrogen and oxygen atoms in total. The quantitative estimate of drug-likeness (QED) is 0.895. The van der Waals surface area contributed by atoms with Gasteiger partial charge in [0.15, 0.2) is 0 Å². The van der Waals surface area contributed by atoms with Gasteiger partial charge >= 0.3 is 0 Å². The number of ether oxygens (including phenoxy) is 1. The Balaban J connectivity index is 2.38. The molecule has 0 bridgehead atoms. The molecule has 19 heavy (non-hydrogen) atoms. The lowest BCUT2D eigenvalue weighted by Gasteiger charge is -2.15. The van der Waals surface area contributed by atoms with Crippen LogP contribution in [0.4, 0.5) is 0 Å². The van der Waals surface area contributed by atoms with E-state index >= 15 is 0 Å². The summed E-state index contributed by atoms with van der Waals surface area (Å²) in [6.07, 6.45) is 1.35. The van der Waals surface area contributed by atoms with Gasteiger partial charge in [0.25, 0.3) is 0 Å².